The maximum Gasteiger partial charge on any atom is 0.126 e. The van der Waals surface area contributed by atoms with E-state index < -0.39 is 0 Å². The Balaban J connectivity index is 1.99. The lowest BCUT2D eigenvalue weighted by Gasteiger charge is -2.18. The van der Waals surface area contributed by atoms with Crippen molar-refractivity contribution in [3.63, 3.8) is 0 Å². The molecular formula is C15H19N3. The second-order valence-corrected chi connectivity index (χ2v) is 5.36. The maximum absolute atomic E-state index is 4.42. The molecule has 0 spiro atoms. The Labute approximate surface area is 108 Å². The van der Waals surface area contributed by atoms with Crippen LogP contribution in [0.2, 0.25) is 0 Å². The fraction of sp³-hybridized carbons (Fsp3) is 0.333. The molecule has 0 atom stereocenters. The zero-order chi connectivity index (χ0) is 13.0. The van der Waals surface area contributed by atoms with Crippen LogP contribution < -0.4 is 5.32 Å². The molecule has 3 nitrogen and oxygen atoms in total. The van der Waals surface area contributed by atoms with Gasteiger partial charge in [-0.3, -0.25) is 4.98 Å². The molecule has 0 saturated heterocycles. The van der Waals surface area contributed by atoms with E-state index in [1.165, 1.54) is 5.56 Å². The number of aromatic nitrogens is 2. The third kappa shape index (κ3) is 3.29. The summed E-state index contributed by atoms with van der Waals surface area (Å²) in [6.45, 7) is 7.25. The van der Waals surface area contributed by atoms with Crippen LogP contribution in [0, 0.1) is 0 Å². The lowest BCUT2D eigenvalue weighted by Crippen LogP contribution is -2.12. The molecule has 0 unspecified atom stereocenters. The highest BCUT2D eigenvalue weighted by atomic mass is 15.0. The lowest BCUT2D eigenvalue weighted by molar-refractivity contribution is 0.587. The average molecular weight is 241 g/mol. The van der Waals surface area contributed by atoms with E-state index in [4.69, 9.17) is 0 Å². The predicted octanol–water partition coefficient (Wildman–Crippen LogP) is 3.39. The van der Waals surface area contributed by atoms with Gasteiger partial charge in [-0.15, -0.1) is 0 Å². The van der Waals surface area contributed by atoms with Gasteiger partial charge in [0.2, 0.25) is 0 Å². The van der Waals surface area contributed by atoms with Gasteiger partial charge < -0.3 is 5.32 Å². The molecule has 0 aromatic carbocycles. The summed E-state index contributed by atoms with van der Waals surface area (Å²) in [5.74, 6) is 0.883. The van der Waals surface area contributed by atoms with Crippen molar-refractivity contribution in [3.05, 3.63) is 54.0 Å². The summed E-state index contributed by atoms with van der Waals surface area (Å²) in [5, 5.41) is 3.27. The summed E-state index contributed by atoms with van der Waals surface area (Å²) >= 11 is 0. The number of anilines is 1. The van der Waals surface area contributed by atoms with Gasteiger partial charge in [-0.25, -0.2) is 4.98 Å². The highest BCUT2D eigenvalue weighted by Crippen LogP contribution is 2.21. The third-order valence-corrected chi connectivity index (χ3v) is 2.81. The minimum absolute atomic E-state index is 0.145. The number of nitrogens with zero attached hydrogens (tertiary/aromatic N) is 2. The van der Waals surface area contributed by atoms with Crippen molar-refractivity contribution in [2.24, 2.45) is 0 Å². The SMILES string of the molecule is CC(C)(C)c1ccc(NCc2ccccn2)nc1. The van der Waals surface area contributed by atoms with Gasteiger partial charge in [0.25, 0.3) is 0 Å². The van der Waals surface area contributed by atoms with Gasteiger partial charge in [-0.05, 0) is 29.2 Å². The molecule has 1 N–H and O–H groups in total. The first-order chi connectivity index (χ1) is 8.55. The molecule has 0 amide bonds. The van der Waals surface area contributed by atoms with Crippen LogP contribution in [0.3, 0.4) is 0 Å². The van der Waals surface area contributed by atoms with E-state index in [2.05, 4.69) is 42.1 Å². The quantitative estimate of drug-likeness (QED) is 0.895. The lowest BCUT2D eigenvalue weighted by atomic mass is 9.88. The molecule has 2 rings (SSSR count). The summed E-state index contributed by atoms with van der Waals surface area (Å²) in [5.41, 5.74) is 2.40. The highest BCUT2D eigenvalue weighted by Gasteiger charge is 2.13. The Bertz CT molecular complexity index is 483. The van der Waals surface area contributed by atoms with Gasteiger partial charge >= 0.3 is 0 Å². The van der Waals surface area contributed by atoms with Crippen LogP contribution in [0.25, 0.3) is 0 Å². The van der Waals surface area contributed by atoms with Crippen LogP contribution in [0.15, 0.2) is 42.7 Å². The summed E-state index contributed by atoms with van der Waals surface area (Å²) in [4.78, 5) is 8.68. The number of nitrogens with one attached hydrogen (secondary N) is 1. The molecule has 0 saturated carbocycles. The van der Waals surface area contributed by atoms with E-state index in [9.17, 15) is 0 Å². The van der Waals surface area contributed by atoms with Crippen LogP contribution >= 0.6 is 0 Å². The summed E-state index contributed by atoms with van der Waals surface area (Å²) in [7, 11) is 0. The van der Waals surface area contributed by atoms with Crippen molar-refractivity contribution in [2.75, 3.05) is 5.32 Å². The molecule has 3 heteroatoms. The van der Waals surface area contributed by atoms with Gasteiger partial charge in [-0.2, -0.15) is 0 Å². The standard InChI is InChI=1S/C15H19N3/c1-15(2,3)12-7-8-14(17-10-12)18-11-13-6-4-5-9-16-13/h4-10H,11H2,1-3H3,(H,17,18). The topological polar surface area (TPSA) is 37.8 Å². The second kappa shape index (κ2) is 5.17. The molecule has 94 valence electrons. The van der Waals surface area contributed by atoms with Crippen molar-refractivity contribution in [1.29, 1.82) is 0 Å². The van der Waals surface area contributed by atoms with Crippen LogP contribution in [0.5, 0.6) is 0 Å². The number of rotatable bonds is 3. The van der Waals surface area contributed by atoms with E-state index >= 15 is 0 Å². The molecule has 0 fully saturated rings. The largest absolute Gasteiger partial charge is 0.364 e. The van der Waals surface area contributed by atoms with E-state index in [0.29, 0.717) is 6.54 Å². The zero-order valence-electron chi connectivity index (χ0n) is 11.1. The molecule has 0 aliphatic heterocycles. The van der Waals surface area contributed by atoms with Crippen LogP contribution in [0.4, 0.5) is 5.82 Å². The van der Waals surface area contributed by atoms with Crippen LogP contribution in [0.1, 0.15) is 32.0 Å². The average Bonchev–Trinajstić information content (AvgIpc) is 2.37. The van der Waals surface area contributed by atoms with E-state index in [-0.39, 0.29) is 5.41 Å². The van der Waals surface area contributed by atoms with Crippen molar-refractivity contribution < 1.29 is 0 Å². The molecule has 0 radical (unpaired) electrons. The minimum Gasteiger partial charge on any atom is -0.364 e. The Hall–Kier alpha value is -1.90. The normalized spacial score (nSPS) is 11.3. The molecule has 0 aliphatic carbocycles. The second-order valence-electron chi connectivity index (χ2n) is 5.36. The predicted molar refractivity (Wildman–Crippen MR) is 74.5 cm³/mol. The third-order valence-electron chi connectivity index (χ3n) is 2.81. The maximum atomic E-state index is 4.42. The molecule has 0 bridgehead atoms. The number of hydrogen-bond acceptors (Lipinski definition) is 3. The Morgan fingerprint density at radius 2 is 1.89 bits per heavy atom. The van der Waals surface area contributed by atoms with E-state index in [1.54, 1.807) is 6.20 Å². The summed E-state index contributed by atoms with van der Waals surface area (Å²) < 4.78 is 0. The molecular weight excluding hydrogens is 222 g/mol. The molecule has 18 heavy (non-hydrogen) atoms. The zero-order valence-corrected chi connectivity index (χ0v) is 11.1. The Morgan fingerprint density at radius 1 is 1.06 bits per heavy atom. The van der Waals surface area contributed by atoms with Crippen molar-refractivity contribution in [1.82, 2.24) is 9.97 Å². The molecule has 2 heterocycles. The number of hydrogen-bond donors (Lipinski definition) is 1. The molecule has 2 aromatic rings. The molecule has 2 aromatic heterocycles. The van der Waals surface area contributed by atoms with Gasteiger partial charge in [0.15, 0.2) is 0 Å². The first-order valence-electron chi connectivity index (χ1n) is 6.16. The van der Waals surface area contributed by atoms with Crippen LogP contribution in [-0.2, 0) is 12.0 Å². The Morgan fingerprint density at radius 3 is 2.44 bits per heavy atom. The fourth-order valence-corrected chi connectivity index (χ4v) is 1.63. The monoisotopic (exact) mass is 241 g/mol. The minimum atomic E-state index is 0.145. The van der Waals surface area contributed by atoms with Gasteiger partial charge in [-0.1, -0.05) is 32.9 Å². The summed E-state index contributed by atoms with van der Waals surface area (Å²) in [6, 6.07) is 10.0. The number of pyridine rings is 2. The van der Waals surface area contributed by atoms with Crippen molar-refractivity contribution >= 4 is 5.82 Å². The smallest absolute Gasteiger partial charge is 0.126 e. The van der Waals surface area contributed by atoms with Crippen LogP contribution in [-0.4, -0.2) is 9.97 Å². The highest BCUT2D eigenvalue weighted by molar-refractivity contribution is 5.37. The summed E-state index contributed by atoms with van der Waals surface area (Å²) in [6.07, 6.45) is 3.73. The van der Waals surface area contributed by atoms with Crippen molar-refractivity contribution in [3.8, 4) is 0 Å². The van der Waals surface area contributed by atoms with E-state index in [1.807, 2.05) is 30.5 Å². The first-order valence-corrected chi connectivity index (χ1v) is 6.16. The van der Waals surface area contributed by atoms with Crippen molar-refractivity contribution in [2.45, 2.75) is 32.7 Å². The Kier molecular flexibility index (Phi) is 3.60. The van der Waals surface area contributed by atoms with E-state index in [0.717, 1.165) is 11.5 Å². The fourth-order valence-electron chi connectivity index (χ4n) is 1.63. The van der Waals surface area contributed by atoms with Gasteiger partial charge in [0.05, 0.1) is 12.2 Å². The molecule has 0 aliphatic rings. The van der Waals surface area contributed by atoms with Gasteiger partial charge in [0, 0.05) is 12.4 Å². The van der Waals surface area contributed by atoms with Gasteiger partial charge in [0.1, 0.15) is 5.82 Å². The first kappa shape index (κ1) is 12.6.